The third kappa shape index (κ3) is 4.07. The van der Waals surface area contributed by atoms with E-state index in [9.17, 15) is 0 Å². The smallest absolute Gasteiger partial charge is 0.228 e. The quantitative estimate of drug-likeness (QED) is 0.829. The normalized spacial score (nSPS) is 16.1. The maximum atomic E-state index is 5.67. The van der Waals surface area contributed by atoms with Gasteiger partial charge in [-0.15, -0.1) is 0 Å². The van der Waals surface area contributed by atoms with Crippen LogP contribution < -0.4 is 15.4 Å². The molecule has 1 aliphatic rings. The van der Waals surface area contributed by atoms with Gasteiger partial charge >= 0.3 is 0 Å². The van der Waals surface area contributed by atoms with Gasteiger partial charge in [0.1, 0.15) is 0 Å². The first-order chi connectivity index (χ1) is 9.85. The Morgan fingerprint density at radius 3 is 2.85 bits per heavy atom. The van der Waals surface area contributed by atoms with E-state index < -0.39 is 0 Å². The summed E-state index contributed by atoms with van der Waals surface area (Å²) in [5, 5.41) is 0. The highest BCUT2D eigenvalue weighted by Gasteiger charge is 2.23. The number of aromatic nitrogens is 2. The van der Waals surface area contributed by atoms with Crippen LogP contribution in [0, 0.1) is 0 Å². The molecule has 0 aromatic carbocycles. The largest absolute Gasteiger partial charge is 0.478 e. The molecule has 1 fully saturated rings. The number of hydrogen-bond acceptors (Lipinski definition) is 5. The van der Waals surface area contributed by atoms with Crippen molar-refractivity contribution in [2.24, 2.45) is 5.73 Å². The Bertz CT molecular complexity index is 393. The van der Waals surface area contributed by atoms with Gasteiger partial charge in [0.25, 0.3) is 0 Å². The molecule has 0 unspecified atom stereocenters. The van der Waals surface area contributed by atoms with Crippen molar-refractivity contribution in [3.63, 3.8) is 0 Å². The Morgan fingerprint density at radius 1 is 1.35 bits per heavy atom. The van der Waals surface area contributed by atoms with Crippen molar-refractivity contribution in [3.8, 4) is 5.88 Å². The summed E-state index contributed by atoms with van der Waals surface area (Å²) in [7, 11) is 0. The van der Waals surface area contributed by atoms with Crippen molar-refractivity contribution in [2.45, 2.75) is 51.5 Å². The molecule has 2 N–H and O–H groups in total. The predicted octanol–water partition coefficient (Wildman–Crippen LogP) is 2.36. The minimum Gasteiger partial charge on any atom is -0.478 e. The van der Waals surface area contributed by atoms with Crippen LogP contribution in [0.25, 0.3) is 0 Å². The van der Waals surface area contributed by atoms with Crippen molar-refractivity contribution in [3.05, 3.63) is 12.3 Å². The molecule has 1 aromatic heterocycles. The zero-order valence-corrected chi connectivity index (χ0v) is 12.4. The monoisotopic (exact) mass is 278 g/mol. The summed E-state index contributed by atoms with van der Waals surface area (Å²) in [6.45, 7) is 4.23. The predicted molar refractivity (Wildman–Crippen MR) is 81.1 cm³/mol. The summed E-state index contributed by atoms with van der Waals surface area (Å²) in [6.07, 6.45) is 9.16. The van der Waals surface area contributed by atoms with Gasteiger partial charge in [0.2, 0.25) is 11.8 Å². The van der Waals surface area contributed by atoms with Crippen molar-refractivity contribution >= 4 is 5.95 Å². The van der Waals surface area contributed by atoms with Gasteiger partial charge in [0, 0.05) is 24.8 Å². The molecule has 0 aliphatic heterocycles. The molecule has 1 aliphatic carbocycles. The van der Waals surface area contributed by atoms with Crippen molar-refractivity contribution in [1.29, 1.82) is 0 Å². The van der Waals surface area contributed by atoms with Gasteiger partial charge in [-0.1, -0.05) is 19.3 Å². The van der Waals surface area contributed by atoms with Crippen LogP contribution in [-0.4, -0.2) is 35.7 Å². The molecule has 112 valence electrons. The molecule has 0 amide bonds. The Balaban J connectivity index is 2.13. The molecule has 0 atom stereocenters. The van der Waals surface area contributed by atoms with Crippen LogP contribution in [0.15, 0.2) is 12.3 Å². The second-order valence-corrected chi connectivity index (χ2v) is 5.26. The molecule has 0 bridgehead atoms. The molecule has 5 heteroatoms. The lowest BCUT2D eigenvalue weighted by atomic mass is 9.94. The zero-order chi connectivity index (χ0) is 14.2. The average Bonchev–Trinajstić information content (AvgIpc) is 2.50. The molecule has 0 saturated heterocycles. The van der Waals surface area contributed by atoms with Crippen LogP contribution in [0.1, 0.15) is 45.4 Å². The molecular formula is C15H26N4O. The Kier molecular flexibility index (Phi) is 6.05. The van der Waals surface area contributed by atoms with E-state index in [0.29, 0.717) is 25.1 Å². The number of nitrogens with two attached hydrogens (primary N) is 1. The Labute approximate surface area is 121 Å². The minimum absolute atomic E-state index is 0.548. The van der Waals surface area contributed by atoms with Crippen LogP contribution in [0.4, 0.5) is 5.95 Å². The average molecular weight is 278 g/mol. The summed E-state index contributed by atoms with van der Waals surface area (Å²) in [4.78, 5) is 11.3. The number of nitrogens with zero attached hydrogens (tertiary/aromatic N) is 3. The maximum Gasteiger partial charge on any atom is 0.228 e. The molecule has 0 radical (unpaired) electrons. The number of anilines is 1. The summed E-state index contributed by atoms with van der Waals surface area (Å²) in [5.74, 6) is 1.45. The zero-order valence-electron chi connectivity index (χ0n) is 12.4. The topological polar surface area (TPSA) is 64.3 Å². The highest BCUT2D eigenvalue weighted by atomic mass is 16.5. The third-order valence-corrected chi connectivity index (χ3v) is 3.79. The third-order valence-electron chi connectivity index (χ3n) is 3.79. The van der Waals surface area contributed by atoms with Crippen LogP contribution >= 0.6 is 0 Å². The molecule has 0 spiro atoms. The minimum atomic E-state index is 0.548. The second-order valence-electron chi connectivity index (χ2n) is 5.26. The molecule has 1 heterocycles. The standard InChI is InChI=1S/C15H26N4O/c1-2-20-14-9-11-17-15(18-14)19(12-6-10-16)13-7-4-3-5-8-13/h9,11,13H,2-8,10,12,16H2,1H3. The van der Waals surface area contributed by atoms with Crippen molar-refractivity contribution in [1.82, 2.24) is 9.97 Å². The number of rotatable bonds is 7. The van der Waals surface area contributed by atoms with Gasteiger partial charge < -0.3 is 15.4 Å². The summed E-state index contributed by atoms with van der Waals surface area (Å²) in [6, 6.07) is 2.36. The van der Waals surface area contributed by atoms with E-state index in [1.54, 1.807) is 6.20 Å². The highest BCUT2D eigenvalue weighted by Crippen LogP contribution is 2.26. The first kappa shape index (κ1) is 15.0. The van der Waals surface area contributed by atoms with E-state index in [4.69, 9.17) is 10.5 Å². The first-order valence-electron chi connectivity index (χ1n) is 7.77. The van der Waals surface area contributed by atoms with Gasteiger partial charge in [-0.25, -0.2) is 4.98 Å². The van der Waals surface area contributed by atoms with E-state index in [1.807, 2.05) is 13.0 Å². The van der Waals surface area contributed by atoms with Gasteiger partial charge in [0.15, 0.2) is 0 Å². The lowest BCUT2D eigenvalue weighted by Crippen LogP contribution is -2.39. The van der Waals surface area contributed by atoms with Crippen molar-refractivity contribution < 1.29 is 4.74 Å². The first-order valence-corrected chi connectivity index (χ1v) is 7.77. The van der Waals surface area contributed by atoms with E-state index in [0.717, 1.165) is 18.9 Å². The highest BCUT2D eigenvalue weighted by molar-refractivity contribution is 5.33. The molecular weight excluding hydrogens is 252 g/mol. The fourth-order valence-corrected chi connectivity index (χ4v) is 2.80. The van der Waals surface area contributed by atoms with E-state index in [2.05, 4.69) is 14.9 Å². The fourth-order valence-electron chi connectivity index (χ4n) is 2.80. The van der Waals surface area contributed by atoms with Gasteiger partial charge in [-0.2, -0.15) is 4.98 Å². The van der Waals surface area contributed by atoms with Crippen LogP contribution in [0.3, 0.4) is 0 Å². The summed E-state index contributed by atoms with van der Waals surface area (Å²) < 4.78 is 5.49. The SMILES string of the molecule is CCOc1ccnc(N(CCCN)C2CCCCC2)n1. The molecule has 1 saturated carbocycles. The van der Waals surface area contributed by atoms with Crippen LogP contribution in [0.2, 0.25) is 0 Å². The lowest BCUT2D eigenvalue weighted by Gasteiger charge is -2.34. The Hall–Kier alpha value is -1.36. The fraction of sp³-hybridized carbons (Fsp3) is 0.733. The van der Waals surface area contributed by atoms with E-state index >= 15 is 0 Å². The van der Waals surface area contributed by atoms with E-state index in [-0.39, 0.29) is 0 Å². The Morgan fingerprint density at radius 2 is 2.15 bits per heavy atom. The molecule has 20 heavy (non-hydrogen) atoms. The van der Waals surface area contributed by atoms with Crippen LogP contribution in [-0.2, 0) is 0 Å². The van der Waals surface area contributed by atoms with Gasteiger partial charge in [-0.05, 0) is 32.7 Å². The maximum absolute atomic E-state index is 5.67. The van der Waals surface area contributed by atoms with Crippen molar-refractivity contribution in [2.75, 3.05) is 24.6 Å². The van der Waals surface area contributed by atoms with Crippen LogP contribution in [0.5, 0.6) is 5.88 Å². The molecule has 1 aromatic rings. The molecule has 2 rings (SSSR count). The van der Waals surface area contributed by atoms with Gasteiger partial charge in [-0.3, -0.25) is 0 Å². The van der Waals surface area contributed by atoms with E-state index in [1.165, 1.54) is 32.1 Å². The van der Waals surface area contributed by atoms with Gasteiger partial charge in [0.05, 0.1) is 6.61 Å². The molecule has 5 nitrogen and oxygen atoms in total. The number of ether oxygens (including phenoxy) is 1. The lowest BCUT2D eigenvalue weighted by molar-refractivity contribution is 0.325. The second kappa shape index (κ2) is 8.04. The summed E-state index contributed by atoms with van der Waals surface area (Å²) >= 11 is 0. The number of hydrogen-bond donors (Lipinski definition) is 1. The summed E-state index contributed by atoms with van der Waals surface area (Å²) in [5.41, 5.74) is 5.67.